The third-order valence-corrected chi connectivity index (χ3v) is 6.95. The first-order chi connectivity index (χ1) is 13.1. The molecule has 4 aliphatic carbocycles. The average Bonchev–Trinajstić information content (AvgIpc) is 2.63. The number of aliphatic hydroxyl groups excluding tert-OH is 1. The number of allylic oxidation sites excluding steroid dienone is 1. The molecular formula is C24H26O3. The summed E-state index contributed by atoms with van der Waals surface area (Å²) in [5.74, 6) is 3.49. The molecule has 0 radical (unpaired) electrons. The molecule has 4 aliphatic rings. The van der Waals surface area contributed by atoms with Gasteiger partial charge in [0.1, 0.15) is 5.75 Å². The van der Waals surface area contributed by atoms with Crippen molar-refractivity contribution in [1.29, 1.82) is 0 Å². The lowest BCUT2D eigenvalue weighted by Gasteiger charge is -2.52. The summed E-state index contributed by atoms with van der Waals surface area (Å²) in [6.07, 6.45) is 6.74. The van der Waals surface area contributed by atoms with Crippen LogP contribution in [-0.4, -0.2) is 17.7 Å². The number of benzene rings is 2. The van der Waals surface area contributed by atoms with E-state index in [1.807, 2.05) is 18.2 Å². The van der Waals surface area contributed by atoms with E-state index in [2.05, 4.69) is 18.2 Å². The van der Waals surface area contributed by atoms with E-state index in [4.69, 9.17) is 4.74 Å². The predicted molar refractivity (Wildman–Crippen MR) is 106 cm³/mol. The summed E-state index contributed by atoms with van der Waals surface area (Å²) in [6.45, 7) is 1.53. The molecule has 3 nitrogen and oxygen atoms in total. The molecule has 0 amide bonds. The van der Waals surface area contributed by atoms with Crippen LogP contribution < -0.4 is 4.74 Å². The van der Waals surface area contributed by atoms with Crippen LogP contribution >= 0.6 is 0 Å². The molecule has 0 spiro atoms. The van der Waals surface area contributed by atoms with Gasteiger partial charge in [-0.05, 0) is 95.9 Å². The summed E-state index contributed by atoms with van der Waals surface area (Å²) in [5, 5.41) is 12.4. The molecule has 0 heterocycles. The number of carbonyl (C=O) groups is 1. The monoisotopic (exact) mass is 362 g/mol. The van der Waals surface area contributed by atoms with Crippen LogP contribution in [0, 0.1) is 23.7 Å². The van der Waals surface area contributed by atoms with Gasteiger partial charge in [-0.15, -0.1) is 0 Å². The number of esters is 1. The number of carbonyl (C=O) groups excluding carboxylic acids is 1. The highest BCUT2D eigenvalue weighted by Crippen LogP contribution is 2.57. The summed E-state index contributed by atoms with van der Waals surface area (Å²) in [5.41, 5.74) is 3.86. The van der Waals surface area contributed by atoms with Gasteiger partial charge in [-0.2, -0.15) is 0 Å². The topological polar surface area (TPSA) is 46.5 Å². The minimum absolute atomic E-state index is 0.120. The van der Waals surface area contributed by atoms with E-state index in [0.717, 1.165) is 33.7 Å². The Hall–Kier alpha value is -2.13. The normalized spacial score (nSPS) is 28.6. The zero-order valence-electron chi connectivity index (χ0n) is 15.8. The fourth-order valence-corrected chi connectivity index (χ4v) is 6.17. The van der Waals surface area contributed by atoms with E-state index >= 15 is 0 Å². The molecule has 0 aliphatic heterocycles. The Labute approximate surface area is 160 Å². The SMILES string of the molecule is CC(=O)Oc1ccc2cc(C(CO)=C3C4CC5CC(C4)CC3C5)ccc2c1. The highest BCUT2D eigenvalue weighted by atomic mass is 16.5. The van der Waals surface area contributed by atoms with Crippen molar-refractivity contribution in [3.05, 3.63) is 47.5 Å². The standard InChI is InChI=1S/C24H26O3/c1-14(26)27-22-5-4-17-11-19(3-2-18(17)12-22)23(13-25)24-20-7-15-6-16(9-20)10-21(24)8-15/h2-5,11-12,15-16,20-21,25H,6-10,13H2,1H3. The first-order valence-corrected chi connectivity index (χ1v) is 10.2. The summed E-state index contributed by atoms with van der Waals surface area (Å²) >= 11 is 0. The van der Waals surface area contributed by atoms with Crippen molar-refractivity contribution in [2.75, 3.05) is 6.61 Å². The Balaban J connectivity index is 1.54. The minimum Gasteiger partial charge on any atom is -0.427 e. The number of hydrogen-bond donors (Lipinski definition) is 1. The second-order valence-corrected chi connectivity index (χ2v) is 8.71. The zero-order chi connectivity index (χ0) is 18.5. The van der Waals surface area contributed by atoms with Crippen LogP contribution in [0.15, 0.2) is 42.0 Å². The smallest absolute Gasteiger partial charge is 0.308 e. The molecule has 0 aromatic heterocycles. The van der Waals surface area contributed by atoms with Gasteiger partial charge in [0.15, 0.2) is 0 Å². The molecule has 27 heavy (non-hydrogen) atoms. The molecule has 4 saturated carbocycles. The number of fused-ring (bicyclic) bond motifs is 1. The Bertz CT molecular complexity index is 910. The molecule has 1 N–H and O–H groups in total. The summed E-state index contributed by atoms with van der Waals surface area (Å²) in [7, 11) is 0. The lowest BCUT2D eigenvalue weighted by atomic mass is 9.53. The van der Waals surface area contributed by atoms with Crippen molar-refractivity contribution < 1.29 is 14.6 Å². The Kier molecular flexibility index (Phi) is 4.08. The van der Waals surface area contributed by atoms with Gasteiger partial charge in [-0.25, -0.2) is 0 Å². The summed E-state index contributed by atoms with van der Waals surface area (Å²) < 4.78 is 5.19. The van der Waals surface area contributed by atoms with E-state index in [1.165, 1.54) is 39.0 Å². The van der Waals surface area contributed by atoms with Crippen LogP contribution in [0.5, 0.6) is 5.75 Å². The van der Waals surface area contributed by atoms with Crippen LogP contribution in [0.25, 0.3) is 16.3 Å². The van der Waals surface area contributed by atoms with Crippen molar-refractivity contribution in [2.45, 2.75) is 39.0 Å². The molecule has 0 unspecified atom stereocenters. The van der Waals surface area contributed by atoms with Gasteiger partial charge < -0.3 is 9.84 Å². The van der Waals surface area contributed by atoms with E-state index in [-0.39, 0.29) is 12.6 Å². The third-order valence-electron chi connectivity index (χ3n) is 6.95. The molecular weight excluding hydrogens is 336 g/mol. The van der Waals surface area contributed by atoms with Crippen LogP contribution in [-0.2, 0) is 4.79 Å². The molecule has 0 atom stereocenters. The van der Waals surface area contributed by atoms with Gasteiger partial charge in [-0.3, -0.25) is 4.79 Å². The van der Waals surface area contributed by atoms with Gasteiger partial charge in [0.2, 0.25) is 0 Å². The lowest BCUT2D eigenvalue weighted by molar-refractivity contribution is -0.131. The van der Waals surface area contributed by atoms with Crippen molar-refractivity contribution in [3.63, 3.8) is 0 Å². The molecule has 6 rings (SSSR count). The maximum atomic E-state index is 11.2. The highest BCUT2D eigenvalue weighted by Gasteiger charge is 2.46. The lowest BCUT2D eigenvalue weighted by Crippen LogP contribution is -2.41. The van der Waals surface area contributed by atoms with Crippen LogP contribution in [0.1, 0.15) is 44.6 Å². The quantitative estimate of drug-likeness (QED) is 0.619. The maximum absolute atomic E-state index is 11.2. The summed E-state index contributed by atoms with van der Waals surface area (Å²) in [6, 6.07) is 12.1. The van der Waals surface area contributed by atoms with E-state index in [9.17, 15) is 9.90 Å². The van der Waals surface area contributed by atoms with Crippen molar-refractivity contribution >= 4 is 22.3 Å². The van der Waals surface area contributed by atoms with E-state index in [0.29, 0.717) is 17.6 Å². The second kappa shape index (κ2) is 6.49. The second-order valence-electron chi connectivity index (χ2n) is 8.71. The molecule has 3 heteroatoms. The number of ether oxygens (including phenoxy) is 1. The van der Waals surface area contributed by atoms with Crippen molar-refractivity contribution in [3.8, 4) is 5.75 Å². The van der Waals surface area contributed by atoms with Gasteiger partial charge in [0.05, 0.1) is 6.61 Å². The van der Waals surface area contributed by atoms with Crippen molar-refractivity contribution in [1.82, 2.24) is 0 Å². The molecule has 2 aromatic carbocycles. The first-order valence-electron chi connectivity index (χ1n) is 10.2. The van der Waals surface area contributed by atoms with Gasteiger partial charge in [0.25, 0.3) is 0 Å². The van der Waals surface area contributed by atoms with Crippen LogP contribution in [0.4, 0.5) is 0 Å². The summed E-state index contributed by atoms with van der Waals surface area (Å²) in [4.78, 5) is 11.2. The molecule has 4 bridgehead atoms. The highest BCUT2D eigenvalue weighted by molar-refractivity contribution is 5.88. The minimum atomic E-state index is -0.305. The van der Waals surface area contributed by atoms with Crippen LogP contribution in [0.2, 0.25) is 0 Å². The molecule has 2 aromatic rings. The largest absolute Gasteiger partial charge is 0.427 e. The number of hydrogen-bond acceptors (Lipinski definition) is 3. The predicted octanol–water partition coefficient (Wildman–Crippen LogP) is 4.97. The number of aliphatic hydroxyl groups is 1. The van der Waals surface area contributed by atoms with Gasteiger partial charge >= 0.3 is 5.97 Å². The van der Waals surface area contributed by atoms with E-state index < -0.39 is 0 Å². The molecule has 4 fully saturated rings. The third kappa shape index (κ3) is 2.98. The first kappa shape index (κ1) is 17.0. The van der Waals surface area contributed by atoms with E-state index in [1.54, 1.807) is 5.57 Å². The Morgan fingerprint density at radius 2 is 1.59 bits per heavy atom. The maximum Gasteiger partial charge on any atom is 0.308 e. The molecule has 140 valence electrons. The van der Waals surface area contributed by atoms with Crippen LogP contribution in [0.3, 0.4) is 0 Å². The fraction of sp³-hybridized carbons (Fsp3) is 0.458. The molecule has 0 saturated heterocycles. The fourth-order valence-electron chi connectivity index (χ4n) is 6.17. The number of rotatable bonds is 3. The Morgan fingerprint density at radius 1 is 0.963 bits per heavy atom. The van der Waals surface area contributed by atoms with Gasteiger partial charge in [-0.1, -0.05) is 23.8 Å². The average molecular weight is 362 g/mol. The Morgan fingerprint density at radius 3 is 2.22 bits per heavy atom. The van der Waals surface area contributed by atoms with Gasteiger partial charge in [0, 0.05) is 6.92 Å². The zero-order valence-corrected chi connectivity index (χ0v) is 15.8. The van der Waals surface area contributed by atoms with Crippen molar-refractivity contribution in [2.24, 2.45) is 23.7 Å².